The van der Waals surface area contributed by atoms with Crippen LogP contribution in [-0.2, 0) is 0 Å². The van der Waals surface area contributed by atoms with E-state index in [1.54, 1.807) is 5.48 Å². The van der Waals surface area contributed by atoms with E-state index in [9.17, 15) is 4.79 Å². The second-order valence-electron chi connectivity index (χ2n) is 9.32. The number of nitrogens with one attached hydrogen (secondary N) is 2. The average molecular weight is 463 g/mol. The van der Waals surface area contributed by atoms with Crippen molar-refractivity contribution >= 4 is 11.9 Å². The molecule has 3 heterocycles. The largest absolute Gasteiger partial charge is 0.361 e. The number of rotatable bonds is 7. The lowest BCUT2D eigenvalue weighted by Crippen LogP contribution is -2.38. The van der Waals surface area contributed by atoms with Crippen LogP contribution >= 0.6 is 0 Å². The van der Waals surface area contributed by atoms with E-state index < -0.39 is 5.91 Å². The van der Waals surface area contributed by atoms with Crippen molar-refractivity contribution in [1.29, 1.82) is 0 Å². The molecule has 0 bridgehead atoms. The minimum atomic E-state index is -0.605. The second kappa shape index (κ2) is 9.52. The SMILES string of the molecule is Cc1noc(C)c1-c1ccc(C2CC2NCC2CCN(c3ncc(C(=O)NO)cn3)CC2)cc1. The lowest BCUT2D eigenvalue weighted by molar-refractivity contribution is 0.0705. The molecule has 5 rings (SSSR count). The fourth-order valence-electron chi connectivity index (χ4n) is 4.90. The van der Waals surface area contributed by atoms with Gasteiger partial charge in [-0.05, 0) is 56.7 Å². The van der Waals surface area contributed by atoms with Crippen LogP contribution in [0.4, 0.5) is 5.95 Å². The molecule has 1 aromatic carbocycles. The van der Waals surface area contributed by atoms with Crippen molar-refractivity contribution in [2.24, 2.45) is 5.92 Å². The predicted molar refractivity (Wildman–Crippen MR) is 127 cm³/mol. The van der Waals surface area contributed by atoms with E-state index >= 15 is 0 Å². The fourth-order valence-corrected chi connectivity index (χ4v) is 4.90. The van der Waals surface area contributed by atoms with Crippen molar-refractivity contribution in [2.45, 2.75) is 45.1 Å². The lowest BCUT2D eigenvalue weighted by Gasteiger charge is -2.32. The van der Waals surface area contributed by atoms with Gasteiger partial charge in [-0.3, -0.25) is 10.0 Å². The van der Waals surface area contributed by atoms with Gasteiger partial charge in [-0.15, -0.1) is 0 Å². The smallest absolute Gasteiger partial charge is 0.277 e. The molecular formula is C25H30N6O3. The molecule has 1 saturated heterocycles. The average Bonchev–Trinajstić information content (AvgIpc) is 3.58. The number of piperidine rings is 1. The molecule has 178 valence electrons. The first kappa shape index (κ1) is 22.5. The number of carbonyl (C=O) groups excluding carboxylic acids is 1. The van der Waals surface area contributed by atoms with Crippen molar-refractivity contribution in [2.75, 3.05) is 24.5 Å². The molecule has 2 fully saturated rings. The van der Waals surface area contributed by atoms with Crippen molar-refractivity contribution < 1.29 is 14.5 Å². The van der Waals surface area contributed by atoms with Crippen LogP contribution in [0.25, 0.3) is 11.1 Å². The number of anilines is 1. The van der Waals surface area contributed by atoms with Gasteiger partial charge in [0.2, 0.25) is 5.95 Å². The molecular weight excluding hydrogens is 432 g/mol. The van der Waals surface area contributed by atoms with Crippen molar-refractivity contribution in [1.82, 2.24) is 25.9 Å². The van der Waals surface area contributed by atoms with Gasteiger partial charge in [0.25, 0.3) is 5.91 Å². The Morgan fingerprint density at radius 2 is 1.85 bits per heavy atom. The number of nitrogens with zero attached hydrogens (tertiary/aromatic N) is 4. The van der Waals surface area contributed by atoms with E-state index in [1.807, 2.05) is 13.8 Å². The quantitative estimate of drug-likeness (QED) is 0.362. The van der Waals surface area contributed by atoms with Crippen LogP contribution in [0, 0.1) is 19.8 Å². The highest BCUT2D eigenvalue weighted by atomic mass is 16.5. The van der Waals surface area contributed by atoms with Crippen LogP contribution in [0.15, 0.2) is 41.2 Å². The van der Waals surface area contributed by atoms with Gasteiger partial charge in [-0.2, -0.15) is 0 Å². The van der Waals surface area contributed by atoms with Crippen LogP contribution in [0.5, 0.6) is 0 Å². The third-order valence-electron chi connectivity index (χ3n) is 7.02. The number of aryl methyl sites for hydroxylation is 2. The summed E-state index contributed by atoms with van der Waals surface area (Å²) in [5.41, 5.74) is 6.41. The minimum absolute atomic E-state index is 0.239. The summed E-state index contributed by atoms with van der Waals surface area (Å²) >= 11 is 0. The maximum Gasteiger partial charge on any atom is 0.277 e. The van der Waals surface area contributed by atoms with Crippen molar-refractivity contribution in [3.05, 3.63) is 59.2 Å². The molecule has 2 aromatic heterocycles. The molecule has 0 radical (unpaired) electrons. The molecule has 34 heavy (non-hydrogen) atoms. The fraction of sp³-hybridized carbons (Fsp3) is 0.440. The van der Waals surface area contributed by atoms with E-state index in [2.05, 4.69) is 49.6 Å². The summed E-state index contributed by atoms with van der Waals surface area (Å²) in [6.45, 7) is 6.76. The van der Waals surface area contributed by atoms with Gasteiger partial charge < -0.3 is 14.7 Å². The number of carbonyl (C=O) groups is 1. The molecule has 2 aliphatic rings. The molecule has 9 nitrogen and oxygen atoms in total. The van der Waals surface area contributed by atoms with E-state index in [0.717, 1.165) is 55.1 Å². The third-order valence-corrected chi connectivity index (χ3v) is 7.02. The minimum Gasteiger partial charge on any atom is -0.361 e. The standard InChI is InChI=1S/C25H30N6O3/c1-15-23(16(2)34-30-15)19-5-3-18(4-6-19)21-11-22(21)26-12-17-7-9-31(10-8-17)25-27-13-20(14-28-25)24(32)29-33/h3-6,13-14,17,21-22,26,33H,7-12H2,1-2H3,(H,29,32). The van der Waals surface area contributed by atoms with Gasteiger partial charge in [0.05, 0.1) is 11.3 Å². The Hall–Kier alpha value is -3.30. The Kier molecular flexibility index (Phi) is 6.30. The number of hydrogen-bond acceptors (Lipinski definition) is 8. The molecule has 1 aliphatic heterocycles. The number of amides is 1. The summed E-state index contributed by atoms with van der Waals surface area (Å²) in [7, 11) is 0. The number of benzene rings is 1. The Morgan fingerprint density at radius 3 is 2.47 bits per heavy atom. The van der Waals surface area contributed by atoms with Crippen molar-refractivity contribution in [3.63, 3.8) is 0 Å². The molecule has 1 saturated carbocycles. The van der Waals surface area contributed by atoms with Gasteiger partial charge in [-0.1, -0.05) is 29.4 Å². The highest BCUT2D eigenvalue weighted by Crippen LogP contribution is 2.41. The lowest BCUT2D eigenvalue weighted by atomic mass is 9.97. The van der Waals surface area contributed by atoms with Gasteiger partial charge >= 0.3 is 0 Å². The van der Waals surface area contributed by atoms with E-state index in [0.29, 0.717) is 23.8 Å². The summed E-state index contributed by atoms with van der Waals surface area (Å²) < 4.78 is 5.30. The Morgan fingerprint density at radius 1 is 1.15 bits per heavy atom. The topological polar surface area (TPSA) is 116 Å². The van der Waals surface area contributed by atoms with E-state index in [4.69, 9.17) is 9.73 Å². The number of hydroxylamine groups is 1. The highest BCUT2D eigenvalue weighted by molar-refractivity contribution is 5.92. The maximum absolute atomic E-state index is 11.4. The molecule has 3 N–H and O–H groups in total. The zero-order valence-corrected chi connectivity index (χ0v) is 19.5. The molecule has 2 atom stereocenters. The third kappa shape index (κ3) is 4.67. The summed E-state index contributed by atoms with van der Waals surface area (Å²) in [5.74, 6) is 2.11. The van der Waals surface area contributed by atoms with Crippen molar-refractivity contribution in [3.8, 4) is 11.1 Å². The molecule has 3 aromatic rings. The van der Waals surface area contributed by atoms with Crippen LogP contribution in [0.3, 0.4) is 0 Å². The van der Waals surface area contributed by atoms with Gasteiger partial charge in [0.1, 0.15) is 5.76 Å². The summed E-state index contributed by atoms with van der Waals surface area (Å²) in [6, 6.07) is 9.38. The first-order valence-corrected chi connectivity index (χ1v) is 11.8. The van der Waals surface area contributed by atoms with Gasteiger partial charge in [0.15, 0.2) is 0 Å². The second-order valence-corrected chi connectivity index (χ2v) is 9.32. The molecule has 9 heteroatoms. The highest BCUT2D eigenvalue weighted by Gasteiger charge is 2.38. The van der Waals surface area contributed by atoms with Crippen LogP contribution in [-0.4, -0.2) is 51.9 Å². The normalized spacial score (nSPS) is 20.4. The Labute approximate surface area is 198 Å². The molecule has 1 aliphatic carbocycles. The predicted octanol–water partition coefficient (Wildman–Crippen LogP) is 3.23. The number of aromatic nitrogens is 3. The summed E-state index contributed by atoms with van der Waals surface area (Å²) in [4.78, 5) is 22.1. The van der Waals surface area contributed by atoms with Gasteiger partial charge in [-0.25, -0.2) is 15.4 Å². The zero-order valence-electron chi connectivity index (χ0n) is 19.5. The van der Waals surface area contributed by atoms with Crippen LogP contribution < -0.4 is 15.7 Å². The summed E-state index contributed by atoms with van der Waals surface area (Å²) in [6.07, 6.45) is 6.23. The van der Waals surface area contributed by atoms with Crippen LogP contribution in [0.2, 0.25) is 0 Å². The molecule has 2 unspecified atom stereocenters. The van der Waals surface area contributed by atoms with E-state index in [-0.39, 0.29) is 5.56 Å². The molecule has 1 amide bonds. The zero-order chi connectivity index (χ0) is 23.7. The Balaban J connectivity index is 1.07. The van der Waals surface area contributed by atoms with E-state index in [1.165, 1.54) is 24.4 Å². The first-order chi connectivity index (χ1) is 16.5. The van der Waals surface area contributed by atoms with Crippen LogP contribution in [0.1, 0.15) is 52.6 Å². The maximum atomic E-state index is 11.4. The summed E-state index contributed by atoms with van der Waals surface area (Å²) in [5, 5.41) is 16.5. The number of hydrogen-bond donors (Lipinski definition) is 3. The Bertz CT molecular complexity index is 1120. The van der Waals surface area contributed by atoms with Gasteiger partial charge in [0, 0.05) is 43.0 Å². The first-order valence-electron chi connectivity index (χ1n) is 11.8. The monoisotopic (exact) mass is 462 g/mol. The molecule has 0 spiro atoms.